The Morgan fingerprint density at radius 2 is 2.12 bits per heavy atom. The fourth-order valence-corrected chi connectivity index (χ4v) is 1.59. The Morgan fingerprint density at radius 3 is 2.69 bits per heavy atom. The zero-order valence-electron chi connectivity index (χ0n) is 9.86. The quantitative estimate of drug-likeness (QED) is 0.742. The first-order valence-electron chi connectivity index (χ1n) is 5.46. The van der Waals surface area contributed by atoms with Crippen molar-refractivity contribution in [2.45, 2.75) is 19.8 Å². The molecule has 0 aliphatic rings. The minimum atomic E-state index is -0.418. The molecule has 0 spiro atoms. The predicted molar refractivity (Wildman–Crippen MR) is 67.6 cm³/mol. The largest absolute Gasteiger partial charge is 0.399 e. The number of benzene rings is 1. The summed E-state index contributed by atoms with van der Waals surface area (Å²) in [5.41, 5.74) is 13.0. The minimum Gasteiger partial charge on any atom is -0.399 e. The number of carbonyl (C=O) groups excluding carboxylic acids is 1. The zero-order chi connectivity index (χ0) is 12.1. The summed E-state index contributed by atoms with van der Waals surface area (Å²) in [4.78, 5) is 13.3. The van der Waals surface area contributed by atoms with Crippen LogP contribution in [0.1, 0.15) is 30.1 Å². The maximum Gasteiger partial charge on any atom is 0.250 e. The summed E-state index contributed by atoms with van der Waals surface area (Å²) in [5.74, 6) is -0.418. The summed E-state index contributed by atoms with van der Waals surface area (Å²) in [6.45, 7) is 3.02. The van der Waals surface area contributed by atoms with Gasteiger partial charge in [-0.05, 0) is 24.6 Å². The summed E-state index contributed by atoms with van der Waals surface area (Å²) >= 11 is 0. The molecule has 0 heterocycles. The number of carbonyl (C=O) groups is 1. The van der Waals surface area contributed by atoms with Crippen molar-refractivity contribution in [3.05, 3.63) is 23.8 Å². The van der Waals surface area contributed by atoms with E-state index < -0.39 is 5.91 Å². The van der Waals surface area contributed by atoms with Gasteiger partial charge in [-0.1, -0.05) is 13.3 Å². The molecule has 1 amide bonds. The highest BCUT2D eigenvalue weighted by molar-refractivity contribution is 5.99. The lowest BCUT2D eigenvalue weighted by molar-refractivity contribution is 0.100. The lowest BCUT2D eigenvalue weighted by Crippen LogP contribution is -2.23. The Hall–Kier alpha value is -1.71. The summed E-state index contributed by atoms with van der Waals surface area (Å²) < 4.78 is 0. The Morgan fingerprint density at radius 1 is 1.44 bits per heavy atom. The van der Waals surface area contributed by atoms with Crippen molar-refractivity contribution in [1.29, 1.82) is 0 Å². The molecule has 0 aliphatic carbocycles. The molecule has 0 atom stereocenters. The van der Waals surface area contributed by atoms with Gasteiger partial charge >= 0.3 is 0 Å². The van der Waals surface area contributed by atoms with Gasteiger partial charge in [-0.25, -0.2) is 0 Å². The summed E-state index contributed by atoms with van der Waals surface area (Å²) in [7, 11) is 1.94. The maximum atomic E-state index is 11.3. The normalized spacial score (nSPS) is 10.1. The number of primary amides is 1. The van der Waals surface area contributed by atoms with E-state index in [0.29, 0.717) is 11.3 Å². The molecule has 88 valence electrons. The first kappa shape index (κ1) is 12.4. The summed E-state index contributed by atoms with van der Waals surface area (Å²) in [6, 6.07) is 5.16. The molecule has 4 heteroatoms. The van der Waals surface area contributed by atoms with Gasteiger partial charge in [-0.2, -0.15) is 0 Å². The smallest absolute Gasteiger partial charge is 0.250 e. The van der Waals surface area contributed by atoms with Gasteiger partial charge in [0.15, 0.2) is 0 Å². The van der Waals surface area contributed by atoms with Crippen LogP contribution in [0.25, 0.3) is 0 Å². The van der Waals surface area contributed by atoms with Crippen molar-refractivity contribution >= 4 is 17.3 Å². The van der Waals surface area contributed by atoms with Gasteiger partial charge in [0.1, 0.15) is 0 Å². The van der Waals surface area contributed by atoms with Crippen LogP contribution in [-0.4, -0.2) is 19.5 Å². The van der Waals surface area contributed by atoms with E-state index in [1.165, 1.54) is 0 Å². The molecule has 4 N–H and O–H groups in total. The molecule has 1 aromatic rings. The highest BCUT2D eigenvalue weighted by Gasteiger charge is 2.11. The highest BCUT2D eigenvalue weighted by Crippen LogP contribution is 2.22. The number of hydrogen-bond donors (Lipinski definition) is 2. The lowest BCUT2D eigenvalue weighted by atomic mass is 10.1. The number of nitrogens with two attached hydrogens (primary N) is 2. The van der Waals surface area contributed by atoms with E-state index in [1.807, 2.05) is 11.9 Å². The van der Waals surface area contributed by atoms with E-state index >= 15 is 0 Å². The first-order valence-corrected chi connectivity index (χ1v) is 5.46. The number of nitrogen functional groups attached to an aromatic ring is 1. The molecule has 0 saturated heterocycles. The first-order chi connectivity index (χ1) is 7.56. The van der Waals surface area contributed by atoms with Crippen LogP contribution in [0.2, 0.25) is 0 Å². The molecular weight excluding hydrogens is 202 g/mol. The Kier molecular flexibility index (Phi) is 4.17. The molecule has 0 saturated carbocycles. The second-order valence-corrected chi connectivity index (χ2v) is 3.92. The van der Waals surface area contributed by atoms with Crippen LogP contribution < -0.4 is 16.4 Å². The molecule has 0 fully saturated rings. The van der Waals surface area contributed by atoms with Gasteiger partial charge in [0.2, 0.25) is 0 Å². The topological polar surface area (TPSA) is 72.3 Å². The molecule has 0 bridgehead atoms. The van der Waals surface area contributed by atoms with Crippen molar-refractivity contribution in [3.63, 3.8) is 0 Å². The van der Waals surface area contributed by atoms with E-state index in [1.54, 1.807) is 18.2 Å². The highest BCUT2D eigenvalue weighted by atomic mass is 16.1. The lowest BCUT2D eigenvalue weighted by Gasteiger charge is -2.21. The van der Waals surface area contributed by atoms with Crippen molar-refractivity contribution in [1.82, 2.24) is 0 Å². The van der Waals surface area contributed by atoms with Gasteiger partial charge < -0.3 is 16.4 Å². The van der Waals surface area contributed by atoms with Gasteiger partial charge in [0.05, 0.1) is 11.3 Å². The number of hydrogen-bond acceptors (Lipinski definition) is 3. The Balaban J connectivity index is 2.99. The SMILES string of the molecule is CCCCN(C)c1cc(N)ccc1C(N)=O. The van der Waals surface area contributed by atoms with Crippen LogP contribution in [0.4, 0.5) is 11.4 Å². The fraction of sp³-hybridized carbons (Fsp3) is 0.417. The third-order valence-corrected chi connectivity index (χ3v) is 2.55. The third-order valence-electron chi connectivity index (χ3n) is 2.55. The van der Waals surface area contributed by atoms with Crippen LogP contribution in [0.3, 0.4) is 0 Å². The van der Waals surface area contributed by atoms with Crippen LogP contribution in [0.15, 0.2) is 18.2 Å². The number of rotatable bonds is 5. The van der Waals surface area contributed by atoms with E-state index in [0.717, 1.165) is 25.1 Å². The Bertz CT molecular complexity index is 377. The molecule has 0 aliphatic heterocycles. The standard InChI is InChI=1S/C12H19N3O/c1-3-4-7-15(2)11-8-9(13)5-6-10(11)12(14)16/h5-6,8H,3-4,7,13H2,1-2H3,(H2,14,16). The average molecular weight is 221 g/mol. The minimum absolute atomic E-state index is 0.418. The van der Waals surface area contributed by atoms with Crippen molar-refractivity contribution in [2.75, 3.05) is 24.2 Å². The summed E-state index contributed by atoms with van der Waals surface area (Å²) in [5, 5.41) is 0. The van der Waals surface area contributed by atoms with E-state index in [2.05, 4.69) is 6.92 Å². The average Bonchev–Trinajstić information content (AvgIpc) is 2.25. The maximum absolute atomic E-state index is 11.3. The number of anilines is 2. The predicted octanol–water partition coefficient (Wildman–Crippen LogP) is 1.60. The van der Waals surface area contributed by atoms with E-state index in [-0.39, 0.29) is 0 Å². The number of nitrogens with zero attached hydrogens (tertiary/aromatic N) is 1. The third kappa shape index (κ3) is 2.89. The van der Waals surface area contributed by atoms with E-state index in [4.69, 9.17) is 11.5 Å². The molecule has 0 aromatic heterocycles. The van der Waals surface area contributed by atoms with E-state index in [9.17, 15) is 4.79 Å². The van der Waals surface area contributed by atoms with Crippen LogP contribution in [0, 0.1) is 0 Å². The second kappa shape index (κ2) is 5.39. The van der Waals surface area contributed by atoms with Crippen LogP contribution in [0.5, 0.6) is 0 Å². The summed E-state index contributed by atoms with van der Waals surface area (Å²) in [6.07, 6.45) is 2.18. The van der Waals surface area contributed by atoms with Gasteiger partial charge in [0, 0.05) is 19.3 Å². The molecule has 0 radical (unpaired) electrons. The number of unbranched alkanes of at least 4 members (excludes halogenated alkanes) is 1. The fourth-order valence-electron chi connectivity index (χ4n) is 1.59. The molecule has 1 rings (SSSR count). The van der Waals surface area contributed by atoms with Crippen molar-refractivity contribution in [2.24, 2.45) is 5.73 Å². The monoisotopic (exact) mass is 221 g/mol. The van der Waals surface area contributed by atoms with Gasteiger partial charge in [-0.15, -0.1) is 0 Å². The molecule has 1 aromatic carbocycles. The molecule has 4 nitrogen and oxygen atoms in total. The molecular formula is C12H19N3O. The second-order valence-electron chi connectivity index (χ2n) is 3.92. The van der Waals surface area contributed by atoms with Gasteiger partial charge in [0.25, 0.3) is 5.91 Å². The molecule has 0 unspecified atom stereocenters. The Labute approximate surface area is 96.2 Å². The van der Waals surface area contributed by atoms with Crippen molar-refractivity contribution in [3.8, 4) is 0 Å². The van der Waals surface area contributed by atoms with Crippen molar-refractivity contribution < 1.29 is 4.79 Å². The van der Waals surface area contributed by atoms with Gasteiger partial charge in [-0.3, -0.25) is 4.79 Å². The zero-order valence-corrected chi connectivity index (χ0v) is 9.86. The van der Waals surface area contributed by atoms with Crippen LogP contribution >= 0.6 is 0 Å². The molecule has 16 heavy (non-hydrogen) atoms. The number of amides is 1. The van der Waals surface area contributed by atoms with Crippen LogP contribution in [-0.2, 0) is 0 Å².